The molecule has 1 heterocycles. The van der Waals surface area contributed by atoms with Crippen molar-refractivity contribution in [1.29, 1.82) is 0 Å². The molecule has 0 radical (unpaired) electrons. The van der Waals surface area contributed by atoms with Crippen LogP contribution in [0.3, 0.4) is 0 Å². The van der Waals surface area contributed by atoms with Crippen molar-refractivity contribution in [2.45, 2.75) is 55.7 Å². The molecule has 0 atom stereocenters. The minimum absolute atomic E-state index is 0.267. The molecule has 23 heavy (non-hydrogen) atoms. The molecule has 0 amide bonds. The fourth-order valence-electron chi connectivity index (χ4n) is 5.21. The van der Waals surface area contributed by atoms with E-state index in [1.54, 1.807) is 0 Å². The summed E-state index contributed by atoms with van der Waals surface area (Å²) in [6.07, 6.45) is 3.73. The fraction of sp³-hybridized carbons (Fsp3) is 1.00. The zero-order valence-corrected chi connectivity index (χ0v) is 12.3. The van der Waals surface area contributed by atoms with E-state index in [1.807, 2.05) is 0 Å². The van der Waals surface area contributed by atoms with E-state index in [2.05, 4.69) is 0 Å². The van der Waals surface area contributed by atoms with Crippen LogP contribution < -0.4 is 0 Å². The topological polar surface area (TPSA) is 18.5 Å². The van der Waals surface area contributed by atoms with Crippen molar-refractivity contribution in [3.05, 3.63) is 0 Å². The van der Waals surface area contributed by atoms with E-state index >= 15 is 0 Å². The van der Waals surface area contributed by atoms with Crippen LogP contribution in [0.4, 0.5) is 26.3 Å². The normalized spacial score (nSPS) is 45.7. The Morgan fingerprint density at radius 2 is 1.00 bits per heavy atom. The Balaban J connectivity index is 1.67. The van der Waals surface area contributed by atoms with Crippen molar-refractivity contribution in [2.75, 3.05) is 13.2 Å². The molecule has 5 rings (SSSR count). The van der Waals surface area contributed by atoms with Gasteiger partial charge >= 0.3 is 17.8 Å². The molecule has 1 saturated heterocycles. The van der Waals surface area contributed by atoms with Gasteiger partial charge in [0.05, 0.1) is 0 Å². The van der Waals surface area contributed by atoms with Gasteiger partial charge in [0.2, 0.25) is 0 Å². The number of ether oxygens (including phenoxy) is 2. The van der Waals surface area contributed by atoms with Gasteiger partial charge in [-0.1, -0.05) is 0 Å². The van der Waals surface area contributed by atoms with E-state index < -0.39 is 36.8 Å². The number of hydrogen-bond donors (Lipinski definition) is 0. The molecule has 5 aliphatic rings. The van der Waals surface area contributed by atoms with Gasteiger partial charge < -0.3 is 9.47 Å². The van der Waals surface area contributed by atoms with Gasteiger partial charge in [0.1, 0.15) is 13.2 Å². The maximum Gasteiger partial charge on any atom is 0.376 e. The van der Waals surface area contributed by atoms with Crippen LogP contribution in [0.25, 0.3) is 0 Å². The van der Waals surface area contributed by atoms with Crippen molar-refractivity contribution in [3.8, 4) is 0 Å². The third kappa shape index (κ3) is 2.03. The maximum atomic E-state index is 13.7. The quantitative estimate of drug-likeness (QED) is 0.616. The van der Waals surface area contributed by atoms with Crippen molar-refractivity contribution < 1.29 is 35.8 Å². The first-order chi connectivity index (χ1) is 10.6. The lowest BCUT2D eigenvalue weighted by molar-refractivity contribution is -0.419. The largest absolute Gasteiger partial charge is 0.376 e. The zero-order valence-electron chi connectivity index (χ0n) is 12.3. The second kappa shape index (κ2) is 4.56. The van der Waals surface area contributed by atoms with Crippen LogP contribution in [0.15, 0.2) is 0 Å². The third-order valence-corrected chi connectivity index (χ3v) is 6.15. The molecule has 4 bridgehead atoms. The molecule has 1 spiro atoms. The van der Waals surface area contributed by atoms with Crippen molar-refractivity contribution in [3.63, 3.8) is 0 Å². The third-order valence-electron chi connectivity index (χ3n) is 6.15. The summed E-state index contributed by atoms with van der Waals surface area (Å²) in [5.74, 6) is -16.6. The lowest BCUT2D eigenvalue weighted by atomic mass is 9.53. The van der Waals surface area contributed by atoms with Gasteiger partial charge in [-0.05, 0) is 43.9 Å². The first kappa shape index (κ1) is 16.0. The van der Waals surface area contributed by atoms with Crippen LogP contribution in [-0.4, -0.2) is 36.8 Å². The van der Waals surface area contributed by atoms with Gasteiger partial charge in [-0.3, -0.25) is 0 Å². The summed E-state index contributed by atoms with van der Waals surface area (Å²) in [6.45, 7) is -3.48. The first-order valence-corrected chi connectivity index (χ1v) is 7.99. The summed E-state index contributed by atoms with van der Waals surface area (Å²) >= 11 is 0. The minimum atomic E-state index is -5.49. The summed E-state index contributed by atoms with van der Waals surface area (Å²) in [5, 5.41) is 0. The molecule has 0 aromatic heterocycles. The van der Waals surface area contributed by atoms with E-state index in [9.17, 15) is 26.3 Å². The van der Waals surface area contributed by atoms with Gasteiger partial charge in [0.25, 0.3) is 0 Å². The molecule has 132 valence electrons. The highest BCUT2D eigenvalue weighted by Gasteiger charge is 2.74. The van der Waals surface area contributed by atoms with Crippen LogP contribution in [0, 0.1) is 23.7 Å². The summed E-state index contributed by atoms with van der Waals surface area (Å²) in [7, 11) is 0. The summed E-state index contributed by atoms with van der Waals surface area (Å²) < 4.78 is 92.2. The summed E-state index contributed by atoms with van der Waals surface area (Å²) in [5.41, 5.74) is 0. The molecule has 0 unspecified atom stereocenters. The monoisotopic (exact) mass is 344 g/mol. The predicted molar refractivity (Wildman–Crippen MR) is 66.5 cm³/mol. The lowest BCUT2D eigenvalue weighted by Crippen LogP contribution is -2.67. The number of halogens is 6. The Morgan fingerprint density at radius 3 is 1.39 bits per heavy atom. The average molecular weight is 344 g/mol. The maximum absolute atomic E-state index is 13.7. The average Bonchev–Trinajstić information content (AvgIpc) is 2.44. The molecule has 1 aliphatic heterocycles. The number of rotatable bonds is 0. The van der Waals surface area contributed by atoms with Crippen molar-refractivity contribution in [2.24, 2.45) is 23.7 Å². The molecule has 0 N–H and O–H groups in total. The second-order valence-electron chi connectivity index (χ2n) is 7.59. The van der Waals surface area contributed by atoms with E-state index in [-0.39, 0.29) is 11.8 Å². The Bertz CT molecular complexity index is 454. The van der Waals surface area contributed by atoms with E-state index in [0.717, 1.165) is 6.42 Å². The van der Waals surface area contributed by atoms with E-state index in [4.69, 9.17) is 9.47 Å². The standard InChI is InChI=1S/C15H18F6O2/c16-12(17)6-22-14(23-7-13(18,19)15(12,20)21)10-2-8-1-9(4-10)5-11(14)3-8/h8-11H,1-7H2. The molecule has 0 aromatic carbocycles. The van der Waals surface area contributed by atoms with Crippen LogP contribution in [-0.2, 0) is 9.47 Å². The van der Waals surface area contributed by atoms with Gasteiger partial charge in [-0.15, -0.1) is 0 Å². The SMILES string of the molecule is FC1(F)COC2(OCC(F)(F)C1(F)F)C1CC3CC(C1)CC2C3. The molecule has 8 heteroatoms. The van der Waals surface area contributed by atoms with Crippen molar-refractivity contribution in [1.82, 2.24) is 0 Å². The summed E-state index contributed by atoms with van der Waals surface area (Å²) in [4.78, 5) is 0. The number of alkyl halides is 6. The molecule has 4 aliphatic carbocycles. The van der Waals surface area contributed by atoms with Gasteiger partial charge in [-0.2, -0.15) is 26.3 Å². The smallest absolute Gasteiger partial charge is 0.343 e. The Morgan fingerprint density at radius 1 is 0.609 bits per heavy atom. The highest BCUT2D eigenvalue weighted by Crippen LogP contribution is 2.61. The van der Waals surface area contributed by atoms with Crippen LogP contribution in [0.2, 0.25) is 0 Å². The lowest BCUT2D eigenvalue weighted by Gasteiger charge is -2.60. The van der Waals surface area contributed by atoms with Crippen molar-refractivity contribution >= 4 is 0 Å². The highest BCUT2D eigenvalue weighted by molar-refractivity contribution is 5.06. The molecule has 0 aromatic rings. The molecule has 2 nitrogen and oxygen atoms in total. The second-order valence-corrected chi connectivity index (χ2v) is 7.59. The Labute approximate surface area is 129 Å². The number of hydrogen-bond acceptors (Lipinski definition) is 2. The van der Waals surface area contributed by atoms with E-state index in [0.29, 0.717) is 37.5 Å². The Hall–Kier alpha value is -0.500. The Kier molecular flexibility index (Phi) is 3.17. The predicted octanol–water partition coefficient (Wildman–Crippen LogP) is 4.09. The van der Waals surface area contributed by atoms with Crippen LogP contribution in [0.1, 0.15) is 32.1 Å². The van der Waals surface area contributed by atoms with Gasteiger partial charge in [0.15, 0.2) is 5.79 Å². The summed E-state index contributed by atoms with van der Waals surface area (Å²) in [6, 6.07) is 0. The highest BCUT2D eigenvalue weighted by atomic mass is 19.3. The van der Waals surface area contributed by atoms with Gasteiger partial charge in [0, 0.05) is 11.8 Å². The van der Waals surface area contributed by atoms with Crippen LogP contribution in [0.5, 0.6) is 0 Å². The van der Waals surface area contributed by atoms with Crippen LogP contribution >= 0.6 is 0 Å². The fourth-order valence-corrected chi connectivity index (χ4v) is 5.21. The molecule has 5 fully saturated rings. The van der Waals surface area contributed by atoms with E-state index in [1.165, 1.54) is 0 Å². The molecule has 4 saturated carbocycles. The molecular weight excluding hydrogens is 326 g/mol. The first-order valence-electron chi connectivity index (χ1n) is 7.99. The molecular formula is C15H18F6O2. The van der Waals surface area contributed by atoms with Gasteiger partial charge in [-0.25, -0.2) is 0 Å². The minimum Gasteiger partial charge on any atom is -0.343 e. The zero-order chi connectivity index (χ0) is 16.7.